The monoisotopic (exact) mass is 439 g/mol. The van der Waals surface area contributed by atoms with E-state index in [1.165, 1.54) is 6.33 Å². The second-order valence-corrected chi connectivity index (χ2v) is 8.15. The Morgan fingerprint density at radius 3 is 2.66 bits per heavy atom. The van der Waals surface area contributed by atoms with E-state index < -0.39 is 29.9 Å². The lowest BCUT2D eigenvalue weighted by Crippen LogP contribution is -2.54. The molecule has 0 radical (unpaired) electrons. The molecule has 11 heteroatoms. The third-order valence-electron chi connectivity index (χ3n) is 6.08. The van der Waals surface area contributed by atoms with E-state index in [-0.39, 0.29) is 18.4 Å². The second-order valence-electron chi connectivity index (χ2n) is 8.15. The van der Waals surface area contributed by atoms with Gasteiger partial charge in [0.05, 0.1) is 12.2 Å². The molecule has 5 amide bonds. The molecule has 2 fully saturated rings. The molecule has 2 heterocycles. The van der Waals surface area contributed by atoms with Gasteiger partial charge in [0.2, 0.25) is 11.8 Å². The predicted octanol–water partition coefficient (Wildman–Crippen LogP) is 0.823. The van der Waals surface area contributed by atoms with Gasteiger partial charge in [0.1, 0.15) is 24.7 Å². The zero-order chi connectivity index (χ0) is 22.7. The van der Waals surface area contributed by atoms with Gasteiger partial charge < -0.3 is 16.0 Å². The van der Waals surface area contributed by atoms with Gasteiger partial charge in [-0.3, -0.25) is 19.3 Å². The second kappa shape index (κ2) is 8.77. The van der Waals surface area contributed by atoms with Crippen LogP contribution in [0.3, 0.4) is 0 Å². The highest BCUT2D eigenvalue weighted by atomic mass is 16.2. The Bertz CT molecular complexity index is 1020. The topological polar surface area (TPSA) is 138 Å². The van der Waals surface area contributed by atoms with Crippen molar-refractivity contribution in [1.29, 1.82) is 0 Å². The van der Waals surface area contributed by atoms with Crippen molar-refractivity contribution in [3.63, 3.8) is 0 Å². The van der Waals surface area contributed by atoms with Gasteiger partial charge in [0.15, 0.2) is 0 Å². The summed E-state index contributed by atoms with van der Waals surface area (Å²) in [4.78, 5) is 54.5. The fourth-order valence-electron chi connectivity index (χ4n) is 4.26. The van der Waals surface area contributed by atoms with Crippen LogP contribution in [0, 0.1) is 5.92 Å². The van der Waals surface area contributed by atoms with Gasteiger partial charge in [-0.05, 0) is 43.0 Å². The van der Waals surface area contributed by atoms with E-state index in [1.54, 1.807) is 35.3 Å². The van der Waals surface area contributed by atoms with Crippen LogP contribution in [0.25, 0.3) is 5.69 Å². The van der Waals surface area contributed by atoms with Crippen molar-refractivity contribution >= 4 is 29.4 Å². The van der Waals surface area contributed by atoms with Crippen molar-refractivity contribution in [1.82, 2.24) is 30.3 Å². The summed E-state index contributed by atoms with van der Waals surface area (Å²) in [7, 11) is 0. The highest BCUT2D eigenvalue weighted by molar-refractivity contribution is 6.09. The minimum atomic E-state index is -0.911. The van der Waals surface area contributed by atoms with Crippen LogP contribution in [-0.4, -0.2) is 62.0 Å². The summed E-state index contributed by atoms with van der Waals surface area (Å²) in [6, 6.07) is 6.38. The Kier molecular flexibility index (Phi) is 5.89. The first-order valence-electron chi connectivity index (χ1n) is 10.5. The SMILES string of the molecule is CC1CCCCC12NC(=O)N(CC(=O)NCC(=O)Nc1ccc(-n3cncn3)cc1)C2=O. The standard InChI is InChI=1S/C21H25N7O4/c1-14-4-2-3-9-21(14)19(31)27(20(32)26-21)11-18(30)23-10-17(29)25-15-5-7-16(8-6-15)28-13-22-12-24-28/h5-8,12-14H,2-4,9-11H2,1H3,(H,23,30)(H,25,29)(H,26,32). The van der Waals surface area contributed by atoms with Gasteiger partial charge in [-0.1, -0.05) is 19.8 Å². The summed E-state index contributed by atoms with van der Waals surface area (Å²) in [5.41, 5.74) is 0.425. The molecule has 2 unspecified atom stereocenters. The van der Waals surface area contributed by atoms with Crippen LogP contribution in [0.2, 0.25) is 0 Å². The van der Waals surface area contributed by atoms with Crippen LogP contribution in [0.15, 0.2) is 36.9 Å². The lowest BCUT2D eigenvalue weighted by atomic mass is 9.73. The summed E-state index contributed by atoms with van der Waals surface area (Å²) in [5, 5.41) is 12.0. The third kappa shape index (κ3) is 4.18. The number of hydrogen-bond acceptors (Lipinski definition) is 6. The minimum absolute atomic E-state index is 0.0162. The summed E-state index contributed by atoms with van der Waals surface area (Å²) in [5.74, 6) is -1.35. The summed E-state index contributed by atoms with van der Waals surface area (Å²) < 4.78 is 1.58. The number of rotatable bonds is 6. The maximum Gasteiger partial charge on any atom is 0.325 e. The summed E-state index contributed by atoms with van der Waals surface area (Å²) >= 11 is 0. The Labute approximate surface area is 184 Å². The molecule has 1 saturated carbocycles. The fourth-order valence-corrected chi connectivity index (χ4v) is 4.26. The summed E-state index contributed by atoms with van der Waals surface area (Å²) in [6.45, 7) is 1.25. The zero-order valence-corrected chi connectivity index (χ0v) is 17.7. The van der Waals surface area contributed by atoms with E-state index in [0.29, 0.717) is 12.1 Å². The number of carbonyl (C=O) groups is 4. The first-order chi connectivity index (χ1) is 15.4. The van der Waals surface area contributed by atoms with Crippen molar-refractivity contribution in [3.8, 4) is 5.69 Å². The van der Waals surface area contributed by atoms with Crippen LogP contribution in [-0.2, 0) is 14.4 Å². The molecule has 1 aromatic heterocycles. The molecular weight excluding hydrogens is 414 g/mol. The average Bonchev–Trinajstić information content (AvgIpc) is 3.39. The number of nitrogens with one attached hydrogen (secondary N) is 3. The molecule has 168 valence electrons. The molecular formula is C21H25N7O4. The number of imide groups is 1. The number of anilines is 1. The predicted molar refractivity (Wildman–Crippen MR) is 114 cm³/mol. The molecule has 1 aliphatic carbocycles. The molecule has 2 aromatic rings. The van der Waals surface area contributed by atoms with Gasteiger partial charge in [0, 0.05) is 5.69 Å². The molecule has 2 atom stereocenters. The van der Waals surface area contributed by atoms with Crippen molar-refractivity contribution in [2.45, 2.75) is 38.1 Å². The summed E-state index contributed by atoms with van der Waals surface area (Å²) in [6.07, 6.45) is 6.29. The van der Waals surface area contributed by atoms with Crippen LogP contribution < -0.4 is 16.0 Å². The van der Waals surface area contributed by atoms with Gasteiger partial charge in [-0.25, -0.2) is 14.5 Å². The largest absolute Gasteiger partial charge is 0.345 e. The van der Waals surface area contributed by atoms with Crippen LogP contribution in [0.5, 0.6) is 0 Å². The number of amides is 5. The molecule has 1 spiro atoms. The average molecular weight is 439 g/mol. The van der Waals surface area contributed by atoms with Gasteiger partial charge in [0.25, 0.3) is 5.91 Å². The maximum absolute atomic E-state index is 12.9. The highest BCUT2D eigenvalue weighted by Gasteiger charge is 2.55. The third-order valence-corrected chi connectivity index (χ3v) is 6.08. The first kappa shape index (κ1) is 21.5. The smallest absolute Gasteiger partial charge is 0.325 e. The molecule has 4 rings (SSSR count). The fraction of sp³-hybridized carbons (Fsp3) is 0.429. The van der Waals surface area contributed by atoms with Crippen LogP contribution in [0.1, 0.15) is 32.6 Å². The van der Waals surface area contributed by atoms with Crippen molar-refractivity contribution in [2.75, 3.05) is 18.4 Å². The molecule has 0 bridgehead atoms. The van der Waals surface area contributed by atoms with Gasteiger partial charge in [-0.2, -0.15) is 5.10 Å². The Morgan fingerprint density at radius 2 is 1.97 bits per heavy atom. The molecule has 1 aromatic carbocycles. The van der Waals surface area contributed by atoms with E-state index >= 15 is 0 Å². The first-order valence-corrected chi connectivity index (χ1v) is 10.5. The molecule has 11 nitrogen and oxygen atoms in total. The quantitative estimate of drug-likeness (QED) is 0.570. The Morgan fingerprint density at radius 1 is 1.19 bits per heavy atom. The van der Waals surface area contributed by atoms with E-state index in [9.17, 15) is 19.2 Å². The molecule has 1 aliphatic heterocycles. The van der Waals surface area contributed by atoms with Gasteiger partial charge >= 0.3 is 6.03 Å². The van der Waals surface area contributed by atoms with E-state index in [0.717, 1.165) is 29.8 Å². The molecule has 1 saturated heterocycles. The Balaban J connectivity index is 1.27. The van der Waals surface area contributed by atoms with Crippen molar-refractivity contribution < 1.29 is 19.2 Å². The number of hydrogen-bond donors (Lipinski definition) is 3. The number of benzene rings is 1. The minimum Gasteiger partial charge on any atom is -0.345 e. The molecule has 3 N–H and O–H groups in total. The number of aromatic nitrogens is 3. The maximum atomic E-state index is 12.9. The van der Waals surface area contributed by atoms with Crippen molar-refractivity contribution in [3.05, 3.63) is 36.9 Å². The lowest BCUT2D eigenvalue weighted by Gasteiger charge is -2.36. The van der Waals surface area contributed by atoms with E-state index in [1.807, 2.05) is 6.92 Å². The number of nitrogens with zero attached hydrogens (tertiary/aromatic N) is 4. The zero-order valence-electron chi connectivity index (χ0n) is 17.7. The number of urea groups is 1. The number of carbonyl (C=O) groups excluding carboxylic acids is 4. The van der Waals surface area contributed by atoms with E-state index in [2.05, 4.69) is 26.0 Å². The normalized spacial score (nSPS) is 22.7. The lowest BCUT2D eigenvalue weighted by molar-refractivity contribution is -0.137. The van der Waals surface area contributed by atoms with Crippen LogP contribution in [0.4, 0.5) is 10.5 Å². The van der Waals surface area contributed by atoms with E-state index in [4.69, 9.17) is 0 Å². The van der Waals surface area contributed by atoms with Crippen molar-refractivity contribution in [2.24, 2.45) is 5.92 Å². The molecule has 2 aliphatic rings. The Hall–Kier alpha value is -3.76. The van der Waals surface area contributed by atoms with Crippen LogP contribution >= 0.6 is 0 Å². The highest BCUT2D eigenvalue weighted by Crippen LogP contribution is 2.38. The molecule has 32 heavy (non-hydrogen) atoms. The van der Waals surface area contributed by atoms with Gasteiger partial charge in [-0.15, -0.1) is 0 Å².